The Morgan fingerprint density at radius 2 is 1.89 bits per heavy atom. The number of nitrogens with zero attached hydrogens (tertiary/aromatic N) is 1. The number of carbonyl (C=O) groups is 1. The molecule has 1 fully saturated rings. The predicted octanol–water partition coefficient (Wildman–Crippen LogP) is 3.04. The van der Waals surface area contributed by atoms with Crippen molar-refractivity contribution in [3.63, 3.8) is 0 Å². The Hall–Kier alpha value is -2.41. The Balaban J connectivity index is 1.76. The summed E-state index contributed by atoms with van der Waals surface area (Å²) in [6.07, 6.45) is 0.382. The van der Waals surface area contributed by atoms with Gasteiger partial charge in [-0.05, 0) is 61.2 Å². The zero-order chi connectivity index (χ0) is 20.3. The molecule has 1 aliphatic heterocycles. The van der Waals surface area contributed by atoms with E-state index in [0.717, 1.165) is 11.1 Å². The molecule has 1 atom stereocenters. The molecule has 7 heteroatoms. The Kier molecular flexibility index (Phi) is 6.03. The van der Waals surface area contributed by atoms with Crippen molar-refractivity contribution in [3.8, 4) is 5.75 Å². The fourth-order valence-corrected chi connectivity index (χ4v) is 5.25. The van der Waals surface area contributed by atoms with Crippen molar-refractivity contribution in [2.24, 2.45) is 0 Å². The van der Waals surface area contributed by atoms with Gasteiger partial charge in [-0.1, -0.05) is 18.2 Å². The number of carbonyl (C=O) groups excluding carboxylic acids is 1. The van der Waals surface area contributed by atoms with Crippen LogP contribution >= 0.6 is 0 Å². The van der Waals surface area contributed by atoms with Gasteiger partial charge in [0, 0.05) is 12.6 Å². The minimum absolute atomic E-state index is 0.0581. The zero-order valence-electron chi connectivity index (χ0n) is 16.0. The summed E-state index contributed by atoms with van der Waals surface area (Å²) in [6, 6.07) is 11.3. The molecule has 0 aliphatic carbocycles. The lowest BCUT2D eigenvalue weighted by atomic mass is 10.1. The predicted molar refractivity (Wildman–Crippen MR) is 105 cm³/mol. The van der Waals surface area contributed by atoms with Crippen molar-refractivity contribution < 1.29 is 22.3 Å². The van der Waals surface area contributed by atoms with Crippen molar-refractivity contribution in [1.29, 1.82) is 0 Å². The van der Waals surface area contributed by atoms with E-state index in [2.05, 4.69) is 0 Å². The molecule has 0 N–H and O–H groups in total. The van der Waals surface area contributed by atoms with E-state index in [-0.39, 0.29) is 30.6 Å². The minimum atomic E-state index is -3.16. The molecule has 0 spiro atoms. The summed E-state index contributed by atoms with van der Waals surface area (Å²) < 4.78 is 43.0. The van der Waals surface area contributed by atoms with Crippen LogP contribution in [-0.2, 0) is 21.2 Å². The van der Waals surface area contributed by atoms with Crippen LogP contribution in [0, 0.1) is 19.7 Å². The molecular formula is C21H24FNO4S. The molecule has 1 heterocycles. The second-order valence-electron chi connectivity index (χ2n) is 7.32. The highest BCUT2D eigenvalue weighted by Gasteiger charge is 2.34. The first kappa shape index (κ1) is 20.3. The molecule has 28 heavy (non-hydrogen) atoms. The third-order valence-corrected chi connectivity index (χ3v) is 6.52. The highest BCUT2D eigenvalue weighted by atomic mass is 32.2. The van der Waals surface area contributed by atoms with E-state index >= 15 is 0 Å². The Morgan fingerprint density at radius 1 is 1.18 bits per heavy atom. The molecule has 150 valence electrons. The normalized spacial score (nSPS) is 18.0. The monoisotopic (exact) mass is 405 g/mol. The van der Waals surface area contributed by atoms with E-state index < -0.39 is 21.7 Å². The van der Waals surface area contributed by atoms with Gasteiger partial charge in [0.15, 0.2) is 16.4 Å². The average Bonchev–Trinajstić information content (AvgIpc) is 2.96. The maximum Gasteiger partial charge on any atom is 0.261 e. The van der Waals surface area contributed by atoms with E-state index in [1.807, 2.05) is 32.0 Å². The lowest BCUT2D eigenvalue weighted by Gasteiger charge is -2.28. The Morgan fingerprint density at radius 3 is 2.50 bits per heavy atom. The standard InChI is InChI=1S/C21H24FNO4S/c1-15-8-16(2)10-20(9-15)27-13-21(24)23(19-6-7-28(25,26)14-19)12-17-4-3-5-18(22)11-17/h3-5,8-11,19H,6-7,12-14H2,1-2H3. The number of amides is 1. The minimum Gasteiger partial charge on any atom is -0.484 e. The largest absolute Gasteiger partial charge is 0.484 e. The molecule has 0 saturated carbocycles. The van der Waals surface area contributed by atoms with Gasteiger partial charge in [0.05, 0.1) is 11.5 Å². The lowest BCUT2D eigenvalue weighted by Crippen LogP contribution is -2.43. The molecule has 5 nitrogen and oxygen atoms in total. The highest BCUT2D eigenvalue weighted by Crippen LogP contribution is 2.22. The SMILES string of the molecule is Cc1cc(C)cc(OCC(=O)N(Cc2cccc(F)c2)C2CCS(=O)(=O)C2)c1. The van der Waals surface area contributed by atoms with Gasteiger partial charge < -0.3 is 9.64 Å². The van der Waals surface area contributed by atoms with Gasteiger partial charge in [0.2, 0.25) is 0 Å². The van der Waals surface area contributed by atoms with Gasteiger partial charge in [0.1, 0.15) is 11.6 Å². The van der Waals surface area contributed by atoms with Crippen molar-refractivity contribution in [1.82, 2.24) is 4.90 Å². The summed E-state index contributed by atoms with van der Waals surface area (Å²) in [5, 5.41) is 0. The summed E-state index contributed by atoms with van der Waals surface area (Å²) in [5.74, 6) is -0.128. The van der Waals surface area contributed by atoms with Crippen LogP contribution in [0.4, 0.5) is 4.39 Å². The fourth-order valence-electron chi connectivity index (χ4n) is 3.52. The van der Waals surface area contributed by atoms with Gasteiger partial charge in [-0.25, -0.2) is 12.8 Å². The van der Waals surface area contributed by atoms with Gasteiger partial charge >= 0.3 is 0 Å². The topological polar surface area (TPSA) is 63.7 Å². The van der Waals surface area contributed by atoms with E-state index in [4.69, 9.17) is 4.74 Å². The lowest BCUT2D eigenvalue weighted by molar-refractivity contribution is -0.136. The molecule has 2 aromatic rings. The number of benzene rings is 2. The third kappa shape index (κ3) is 5.32. The second-order valence-corrected chi connectivity index (χ2v) is 9.55. The molecule has 1 aliphatic rings. The molecule has 1 amide bonds. The van der Waals surface area contributed by atoms with Crippen LogP contribution in [0.25, 0.3) is 0 Å². The first-order valence-corrected chi connectivity index (χ1v) is 11.0. The Bertz CT molecular complexity index is 954. The van der Waals surface area contributed by atoms with Crippen LogP contribution in [0.3, 0.4) is 0 Å². The van der Waals surface area contributed by atoms with Crippen LogP contribution in [0.5, 0.6) is 5.75 Å². The Labute approximate surface area is 165 Å². The number of halogens is 1. The summed E-state index contributed by atoms with van der Waals surface area (Å²) in [5.41, 5.74) is 2.67. The van der Waals surface area contributed by atoms with Crippen molar-refractivity contribution in [3.05, 3.63) is 65.0 Å². The first-order chi connectivity index (χ1) is 13.2. The maximum absolute atomic E-state index is 13.5. The molecule has 2 aromatic carbocycles. The number of rotatable bonds is 6. The summed E-state index contributed by atoms with van der Waals surface area (Å²) >= 11 is 0. The first-order valence-electron chi connectivity index (χ1n) is 9.17. The summed E-state index contributed by atoms with van der Waals surface area (Å²) in [7, 11) is -3.16. The summed E-state index contributed by atoms with van der Waals surface area (Å²) in [4.78, 5) is 14.4. The van der Waals surface area contributed by atoms with Crippen LogP contribution in [-0.4, -0.2) is 43.4 Å². The molecule has 1 saturated heterocycles. The van der Waals surface area contributed by atoms with Crippen molar-refractivity contribution in [2.45, 2.75) is 32.9 Å². The molecule has 1 unspecified atom stereocenters. The third-order valence-electron chi connectivity index (χ3n) is 4.77. The number of hydrogen-bond acceptors (Lipinski definition) is 4. The highest BCUT2D eigenvalue weighted by molar-refractivity contribution is 7.91. The fraction of sp³-hybridized carbons (Fsp3) is 0.381. The zero-order valence-corrected chi connectivity index (χ0v) is 16.8. The smallest absolute Gasteiger partial charge is 0.261 e. The molecule has 0 radical (unpaired) electrons. The molecular weight excluding hydrogens is 381 g/mol. The van der Waals surface area contributed by atoms with E-state index in [1.165, 1.54) is 17.0 Å². The van der Waals surface area contributed by atoms with Crippen LogP contribution < -0.4 is 4.74 Å². The van der Waals surface area contributed by atoms with E-state index in [0.29, 0.717) is 17.7 Å². The summed E-state index contributed by atoms with van der Waals surface area (Å²) in [6.45, 7) is 3.84. The van der Waals surface area contributed by atoms with E-state index in [1.54, 1.807) is 12.1 Å². The van der Waals surface area contributed by atoms with E-state index in [9.17, 15) is 17.6 Å². The average molecular weight is 405 g/mol. The number of ether oxygens (including phenoxy) is 1. The number of hydrogen-bond donors (Lipinski definition) is 0. The van der Waals surface area contributed by atoms with Gasteiger partial charge in [-0.2, -0.15) is 0 Å². The van der Waals surface area contributed by atoms with Crippen LogP contribution in [0.1, 0.15) is 23.1 Å². The van der Waals surface area contributed by atoms with Crippen molar-refractivity contribution in [2.75, 3.05) is 18.1 Å². The maximum atomic E-state index is 13.5. The van der Waals surface area contributed by atoms with Gasteiger partial charge in [-0.15, -0.1) is 0 Å². The van der Waals surface area contributed by atoms with Crippen LogP contribution in [0.2, 0.25) is 0 Å². The molecule has 3 rings (SSSR count). The van der Waals surface area contributed by atoms with Gasteiger partial charge in [0.25, 0.3) is 5.91 Å². The number of aryl methyl sites for hydroxylation is 2. The quantitative estimate of drug-likeness (QED) is 0.741. The number of sulfone groups is 1. The van der Waals surface area contributed by atoms with Crippen molar-refractivity contribution >= 4 is 15.7 Å². The van der Waals surface area contributed by atoms with Gasteiger partial charge in [-0.3, -0.25) is 4.79 Å². The molecule has 0 bridgehead atoms. The van der Waals surface area contributed by atoms with Crippen LogP contribution in [0.15, 0.2) is 42.5 Å². The second kappa shape index (κ2) is 8.31. The molecule has 0 aromatic heterocycles.